The van der Waals surface area contributed by atoms with Gasteiger partial charge >= 0.3 is 0 Å². The molecule has 1 amide bonds. The number of hydrogen-bond acceptors (Lipinski definition) is 3. The molecule has 1 N–H and O–H groups in total. The standard InChI is InChI=1S/C14H10N2OS/c15-9-12-2-1-3-13(8-12)16-14(17)5-4-11-6-7-18-10-11/h1-8,10H,(H,16,17)/b5-4+. The minimum atomic E-state index is -0.212. The van der Waals surface area contributed by atoms with Crippen LogP contribution >= 0.6 is 11.3 Å². The van der Waals surface area contributed by atoms with E-state index in [-0.39, 0.29) is 5.91 Å². The van der Waals surface area contributed by atoms with Crippen LogP contribution in [0, 0.1) is 11.3 Å². The molecule has 1 aromatic carbocycles. The van der Waals surface area contributed by atoms with Crippen LogP contribution < -0.4 is 5.32 Å². The lowest BCUT2D eigenvalue weighted by Crippen LogP contribution is -2.07. The largest absolute Gasteiger partial charge is 0.322 e. The highest BCUT2D eigenvalue weighted by Crippen LogP contribution is 2.11. The first-order chi connectivity index (χ1) is 8.78. The van der Waals surface area contributed by atoms with Gasteiger partial charge in [0.25, 0.3) is 0 Å². The number of nitrogens with zero attached hydrogens (tertiary/aromatic N) is 1. The van der Waals surface area contributed by atoms with Gasteiger partial charge in [0.15, 0.2) is 0 Å². The molecule has 1 heterocycles. The van der Waals surface area contributed by atoms with Crippen molar-refractivity contribution in [3.05, 3.63) is 58.3 Å². The van der Waals surface area contributed by atoms with Gasteiger partial charge < -0.3 is 5.32 Å². The van der Waals surface area contributed by atoms with Crippen molar-refractivity contribution in [2.75, 3.05) is 5.32 Å². The molecule has 0 aliphatic heterocycles. The molecular formula is C14H10N2OS. The Morgan fingerprint density at radius 3 is 3.00 bits per heavy atom. The molecule has 2 aromatic rings. The number of anilines is 1. The predicted molar refractivity (Wildman–Crippen MR) is 73.1 cm³/mol. The molecule has 3 nitrogen and oxygen atoms in total. The summed E-state index contributed by atoms with van der Waals surface area (Å²) >= 11 is 1.58. The molecule has 4 heteroatoms. The zero-order valence-electron chi connectivity index (χ0n) is 9.46. The summed E-state index contributed by atoms with van der Waals surface area (Å²) < 4.78 is 0. The highest BCUT2D eigenvalue weighted by molar-refractivity contribution is 7.08. The molecule has 0 saturated heterocycles. The number of amides is 1. The van der Waals surface area contributed by atoms with E-state index >= 15 is 0 Å². The van der Waals surface area contributed by atoms with Gasteiger partial charge in [0.05, 0.1) is 11.6 Å². The van der Waals surface area contributed by atoms with Crippen molar-refractivity contribution in [1.82, 2.24) is 0 Å². The van der Waals surface area contributed by atoms with E-state index in [2.05, 4.69) is 5.32 Å². The van der Waals surface area contributed by atoms with Crippen LogP contribution in [-0.4, -0.2) is 5.91 Å². The fourth-order valence-corrected chi connectivity index (χ4v) is 2.02. The average molecular weight is 254 g/mol. The number of rotatable bonds is 3. The maximum Gasteiger partial charge on any atom is 0.248 e. The summed E-state index contributed by atoms with van der Waals surface area (Å²) in [5, 5.41) is 15.4. The van der Waals surface area contributed by atoms with Gasteiger partial charge in [-0.1, -0.05) is 6.07 Å². The van der Waals surface area contributed by atoms with Crippen LogP contribution in [0.2, 0.25) is 0 Å². The number of thiophene rings is 1. The predicted octanol–water partition coefficient (Wildman–Crippen LogP) is 3.27. The third-order valence-corrected chi connectivity index (χ3v) is 2.93. The monoisotopic (exact) mass is 254 g/mol. The molecule has 2 rings (SSSR count). The zero-order valence-corrected chi connectivity index (χ0v) is 10.3. The van der Waals surface area contributed by atoms with Crippen LogP contribution in [0.25, 0.3) is 6.08 Å². The third-order valence-electron chi connectivity index (χ3n) is 2.23. The van der Waals surface area contributed by atoms with E-state index in [0.29, 0.717) is 11.3 Å². The summed E-state index contributed by atoms with van der Waals surface area (Å²) in [7, 11) is 0. The van der Waals surface area contributed by atoms with E-state index in [4.69, 9.17) is 5.26 Å². The first-order valence-electron chi connectivity index (χ1n) is 5.29. The van der Waals surface area contributed by atoms with Gasteiger partial charge in [-0.3, -0.25) is 4.79 Å². The minimum Gasteiger partial charge on any atom is -0.322 e. The smallest absolute Gasteiger partial charge is 0.248 e. The lowest BCUT2D eigenvalue weighted by molar-refractivity contribution is -0.111. The van der Waals surface area contributed by atoms with Crippen LogP contribution in [0.5, 0.6) is 0 Å². The number of hydrogen-bond donors (Lipinski definition) is 1. The molecule has 0 saturated carbocycles. The summed E-state index contributed by atoms with van der Waals surface area (Å²) in [6.07, 6.45) is 3.22. The number of nitrogens with one attached hydrogen (secondary N) is 1. The fraction of sp³-hybridized carbons (Fsp3) is 0. The molecule has 0 aliphatic carbocycles. The summed E-state index contributed by atoms with van der Waals surface area (Å²) in [5.41, 5.74) is 2.14. The summed E-state index contributed by atoms with van der Waals surface area (Å²) in [6.45, 7) is 0. The van der Waals surface area contributed by atoms with Gasteiger partial charge in [0, 0.05) is 11.8 Å². The Morgan fingerprint density at radius 1 is 1.39 bits per heavy atom. The molecule has 0 spiro atoms. The van der Waals surface area contributed by atoms with Gasteiger partial charge in [0.2, 0.25) is 5.91 Å². The molecule has 18 heavy (non-hydrogen) atoms. The number of carbonyl (C=O) groups excluding carboxylic acids is 1. The Kier molecular flexibility index (Phi) is 3.90. The van der Waals surface area contributed by atoms with Gasteiger partial charge in [-0.15, -0.1) is 0 Å². The molecule has 1 aromatic heterocycles. The van der Waals surface area contributed by atoms with Crippen molar-refractivity contribution in [3.63, 3.8) is 0 Å². The van der Waals surface area contributed by atoms with Crippen molar-refractivity contribution < 1.29 is 4.79 Å². The zero-order chi connectivity index (χ0) is 12.8. The SMILES string of the molecule is N#Cc1cccc(NC(=O)/C=C/c2ccsc2)c1. The lowest BCUT2D eigenvalue weighted by Gasteiger charge is -2.01. The summed E-state index contributed by atoms with van der Waals surface area (Å²) in [6, 6.07) is 10.8. The first-order valence-corrected chi connectivity index (χ1v) is 6.23. The second-order valence-corrected chi connectivity index (χ2v) is 4.35. The summed E-state index contributed by atoms with van der Waals surface area (Å²) in [4.78, 5) is 11.6. The van der Waals surface area contributed by atoms with Crippen molar-refractivity contribution in [2.24, 2.45) is 0 Å². The molecule has 0 bridgehead atoms. The van der Waals surface area contributed by atoms with Gasteiger partial charge in [-0.25, -0.2) is 0 Å². The number of nitriles is 1. The normalized spacial score (nSPS) is 10.2. The van der Waals surface area contributed by atoms with Gasteiger partial charge in [-0.2, -0.15) is 16.6 Å². The van der Waals surface area contributed by atoms with Crippen LogP contribution in [0.3, 0.4) is 0 Å². The van der Waals surface area contributed by atoms with E-state index in [1.807, 2.05) is 22.9 Å². The highest BCUT2D eigenvalue weighted by atomic mass is 32.1. The fourth-order valence-electron chi connectivity index (χ4n) is 1.39. The van der Waals surface area contributed by atoms with E-state index in [9.17, 15) is 4.79 Å². The Balaban J connectivity index is 2.01. The van der Waals surface area contributed by atoms with E-state index in [1.54, 1.807) is 41.7 Å². The number of benzene rings is 1. The van der Waals surface area contributed by atoms with Crippen LogP contribution in [-0.2, 0) is 4.79 Å². The van der Waals surface area contributed by atoms with Crippen LogP contribution in [0.15, 0.2) is 47.2 Å². The molecule has 0 fully saturated rings. The Bertz CT molecular complexity index is 609. The molecule has 88 valence electrons. The minimum absolute atomic E-state index is 0.212. The third kappa shape index (κ3) is 3.30. The second-order valence-electron chi connectivity index (χ2n) is 3.57. The molecule has 0 atom stereocenters. The number of carbonyl (C=O) groups is 1. The Morgan fingerprint density at radius 2 is 2.28 bits per heavy atom. The van der Waals surface area contributed by atoms with Crippen molar-refractivity contribution in [2.45, 2.75) is 0 Å². The quantitative estimate of drug-likeness (QED) is 0.855. The van der Waals surface area contributed by atoms with Gasteiger partial charge in [-0.05, 0) is 46.7 Å². The Hall–Kier alpha value is -2.38. The maximum atomic E-state index is 11.6. The second kappa shape index (κ2) is 5.80. The van der Waals surface area contributed by atoms with Crippen molar-refractivity contribution in [3.8, 4) is 6.07 Å². The van der Waals surface area contributed by atoms with Crippen molar-refractivity contribution >= 4 is 29.0 Å². The summed E-state index contributed by atoms with van der Waals surface area (Å²) in [5.74, 6) is -0.212. The van der Waals surface area contributed by atoms with Gasteiger partial charge in [0.1, 0.15) is 0 Å². The Labute approximate surface area is 109 Å². The van der Waals surface area contributed by atoms with Crippen LogP contribution in [0.1, 0.15) is 11.1 Å². The first kappa shape index (κ1) is 12.1. The van der Waals surface area contributed by atoms with Crippen LogP contribution in [0.4, 0.5) is 5.69 Å². The highest BCUT2D eigenvalue weighted by Gasteiger charge is 1.99. The average Bonchev–Trinajstić information content (AvgIpc) is 2.90. The molecule has 0 aliphatic rings. The van der Waals surface area contributed by atoms with E-state index < -0.39 is 0 Å². The lowest BCUT2D eigenvalue weighted by atomic mass is 10.2. The maximum absolute atomic E-state index is 11.6. The van der Waals surface area contributed by atoms with E-state index in [0.717, 1.165) is 5.56 Å². The van der Waals surface area contributed by atoms with Crippen molar-refractivity contribution in [1.29, 1.82) is 5.26 Å². The molecule has 0 unspecified atom stereocenters. The van der Waals surface area contributed by atoms with E-state index in [1.165, 1.54) is 6.08 Å². The molecule has 0 radical (unpaired) electrons. The molecular weight excluding hydrogens is 244 g/mol. The topological polar surface area (TPSA) is 52.9 Å².